The van der Waals surface area contributed by atoms with Gasteiger partial charge in [0.25, 0.3) is 0 Å². The maximum atomic E-state index is 11.5. The average Bonchev–Trinajstić information content (AvgIpc) is 2.17. The van der Waals surface area contributed by atoms with Crippen LogP contribution < -0.4 is 5.32 Å². The third kappa shape index (κ3) is 2.51. The van der Waals surface area contributed by atoms with E-state index in [0.29, 0.717) is 30.8 Å². The molecule has 15 heavy (non-hydrogen) atoms. The number of ether oxygens (including phenoxy) is 1. The average molecular weight is 211 g/mol. The molecule has 2 fully saturated rings. The van der Waals surface area contributed by atoms with E-state index in [9.17, 15) is 4.79 Å². The van der Waals surface area contributed by atoms with E-state index >= 15 is 0 Å². The molecular formula is C12H21NO2. The molecule has 1 aliphatic heterocycles. The van der Waals surface area contributed by atoms with Crippen LogP contribution in [0.1, 0.15) is 32.6 Å². The molecule has 3 atom stereocenters. The molecule has 1 heterocycles. The predicted molar refractivity (Wildman–Crippen MR) is 58.4 cm³/mol. The van der Waals surface area contributed by atoms with E-state index in [1.54, 1.807) is 0 Å². The van der Waals surface area contributed by atoms with Crippen LogP contribution in [0.15, 0.2) is 0 Å². The number of rotatable bonds is 3. The number of carbonyl (C=O) groups excluding carboxylic acids is 1. The highest BCUT2D eigenvalue weighted by Gasteiger charge is 2.37. The van der Waals surface area contributed by atoms with Crippen LogP contribution >= 0.6 is 0 Å². The molecule has 2 bridgehead atoms. The topological polar surface area (TPSA) is 38.3 Å². The molecule has 2 aliphatic rings. The number of nitrogens with one attached hydrogen (secondary N) is 1. The number of hydrogen-bond donors (Lipinski definition) is 1. The van der Waals surface area contributed by atoms with Gasteiger partial charge in [-0.2, -0.15) is 0 Å². The number of carbonyl (C=O) groups is 1. The first-order chi connectivity index (χ1) is 7.31. The second kappa shape index (κ2) is 4.97. The summed E-state index contributed by atoms with van der Waals surface area (Å²) in [7, 11) is 0. The first kappa shape index (κ1) is 10.9. The van der Waals surface area contributed by atoms with Crippen molar-refractivity contribution in [2.75, 3.05) is 19.7 Å². The summed E-state index contributed by atoms with van der Waals surface area (Å²) in [4.78, 5) is 11.5. The highest BCUT2D eigenvalue weighted by molar-refractivity contribution is 5.69. The largest absolute Gasteiger partial charge is 0.466 e. The third-order valence-corrected chi connectivity index (χ3v) is 3.88. The zero-order valence-corrected chi connectivity index (χ0v) is 9.50. The summed E-state index contributed by atoms with van der Waals surface area (Å²) in [5, 5.41) is 3.47. The maximum Gasteiger partial charge on any atom is 0.306 e. The Bertz CT molecular complexity index is 208. The van der Waals surface area contributed by atoms with Crippen molar-refractivity contribution in [2.24, 2.45) is 17.8 Å². The van der Waals surface area contributed by atoms with Gasteiger partial charge in [-0.15, -0.1) is 0 Å². The van der Waals surface area contributed by atoms with E-state index in [0.717, 1.165) is 13.1 Å². The van der Waals surface area contributed by atoms with Gasteiger partial charge < -0.3 is 10.1 Å². The van der Waals surface area contributed by atoms with Gasteiger partial charge in [0.1, 0.15) is 0 Å². The molecule has 3 nitrogen and oxygen atoms in total. The predicted octanol–water partition coefficient (Wildman–Crippen LogP) is 1.58. The number of piperidine rings is 1. The van der Waals surface area contributed by atoms with E-state index in [1.165, 1.54) is 19.3 Å². The summed E-state index contributed by atoms with van der Waals surface area (Å²) < 4.78 is 5.05. The lowest BCUT2D eigenvalue weighted by Crippen LogP contribution is -2.46. The van der Waals surface area contributed by atoms with Crippen LogP contribution in [0.25, 0.3) is 0 Å². The smallest absolute Gasteiger partial charge is 0.306 e. The Labute approximate surface area is 91.6 Å². The van der Waals surface area contributed by atoms with Gasteiger partial charge >= 0.3 is 5.97 Å². The molecule has 1 unspecified atom stereocenters. The Morgan fingerprint density at radius 1 is 1.33 bits per heavy atom. The standard InChI is InChI=1S/C12H21NO2/c1-2-15-12(14)6-11-9-4-3-5-10(11)8-13-7-9/h9-11,13H,2-8H2,1H3/t9-,10+,11?. The fourth-order valence-electron chi connectivity index (χ4n) is 3.16. The van der Waals surface area contributed by atoms with E-state index in [2.05, 4.69) is 5.32 Å². The van der Waals surface area contributed by atoms with Crippen LogP contribution in [0.3, 0.4) is 0 Å². The molecule has 0 radical (unpaired) electrons. The van der Waals surface area contributed by atoms with Crippen LogP contribution in [-0.2, 0) is 9.53 Å². The summed E-state index contributed by atoms with van der Waals surface area (Å²) in [5.41, 5.74) is 0. The fourth-order valence-corrected chi connectivity index (χ4v) is 3.16. The zero-order chi connectivity index (χ0) is 10.7. The van der Waals surface area contributed by atoms with Crippen LogP contribution in [0.5, 0.6) is 0 Å². The van der Waals surface area contributed by atoms with Gasteiger partial charge in [-0.3, -0.25) is 4.79 Å². The Hall–Kier alpha value is -0.570. The van der Waals surface area contributed by atoms with E-state index < -0.39 is 0 Å². The van der Waals surface area contributed by atoms with Crippen molar-refractivity contribution >= 4 is 5.97 Å². The molecule has 1 N–H and O–H groups in total. The van der Waals surface area contributed by atoms with Crippen molar-refractivity contribution in [1.82, 2.24) is 5.32 Å². The third-order valence-electron chi connectivity index (χ3n) is 3.88. The summed E-state index contributed by atoms with van der Waals surface area (Å²) in [6, 6.07) is 0. The van der Waals surface area contributed by atoms with Gasteiger partial charge in [0, 0.05) is 6.42 Å². The van der Waals surface area contributed by atoms with Gasteiger partial charge in [-0.05, 0) is 50.6 Å². The molecule has 0 spiro atoms. The summed E-state index contributed by atoms with van der Waals surface area (Å²) in [6.45, 7) is 4.58. The van der Waals surface area contributed by atoms with Crippen molar-refractivity contribution < 1.29 is 9.53 Å². The van der Waals surface area contributed by atoms with E-state index in [1.807, 2.05) is 6.92 Å². The number of fused-ring (bicyclic) bond motifs is 2. The normalized spacial score (nSPS) is 34.9. The summed E-state index contributed by atoms with van der Waals surface area (Å²) in [5.74, 6) is 2.00. The molecule has 1 saturated heterocycles. The number of hydrogen-bond acceptors (Lipinski definition) is 3. The number of esters is 1. The molecule has 1 saturated carbocycles. The lowest BCUT2D eigenvalue weighted by atomic mass is 9.68. The van der Waals surface area contributed by atoms with Gasteiger partial charge in [0.2, 0.25) is 0 Å². The van der Waals surface area contributed by atoms with Crippen LogP contribution in [0.4, 0.5) is 0 Å². The lowest BCUT2D eigenvalue weighted by molar-refractivity contribution is -0.146. The second-order valence-corrected chi connectivity index (χ2v) is 4.78. The Kier molecular flexibility index (Phi) is 3.62. The van der Waals surface area contributed by atoms with Crippen molar-refractivity contribution in [3.05, 3.63) is 0 Å². The molecular weight excluding hydrogens is 190 g/mol. The molecule has 0 aromatic carbocycles. The van der Waals surface area contributed by atoms with Crippen molar-refractivity contribution in [3.8, 4) is 0 Å². The minimum Gasteiger partial charge on any atom is -0.466 e. The monoisotopic (exact) mass is 211 g/mol. The molecule has 3 heteroatoms. The molecule has 86 valence electrons. The highest BCUT2D eigenvalue weighted by atomic mass is 16.5. The molecule has 2 rings (SSSR count). The van der Waals surface area contributed by atoms with Gasteiger partial charge in [-0.1, -0.05) is 6.42 Å². The Balaban J connectivity index is 1.92. The second-order valence-electron chi connectivity index (χ2n) is 4.78. The summed E-state index contributed by atoms with van der Waals surface area (Å²) >= 11 is 0. The SMILES string of the molecule is CCOC(=O)CC1[C@@H]2CCC[C@H]1CNC2. The van der Waals surface area contributed by atoms with Crippen molar-refractivity contribution in [2.45, 2.75) is 32.6 Å². The highest BCUT2D eigenvalue weighted by Crippen LogP contribution is 2.38. The molecule has 0 aromatic heterocycles. The van der Waals surface area contributed by atoms with Gasteiger partial charge in [0.15, 0.2) is 0 Å². The minimum atomic E-state index is 0.00120. The first-order valence-corrected chi connectivity index (χ1v) is 6.17. The van der Waals surface area contributed by atoms with E-state index in [-0.39, 0.29) is 5.97 Å². The Morgan fingerprint density at radius 3 is 2.60 bits per heavy atom. The van der Waals surface area contributed by atoms with Crippen LogP contribution in [-0.4, -0.2) is 25.7 Å². The van der Waals surface area contributed by atoms with Gasteiger partial charge in [0.05, 0.1) is 6.61 Å². The van der Waals surface area contributed by atoms with Gasteiger partial charge in [-0.25, -0.2) is 0 Å². The molecule has 1 aliphatic carbocycles. The van der Waals surface area contributed by atoms with Crippen molar-refractivity contribution in [3.63, 3.8) is 0 Å². The summed E-state index contributed by atoms with van der Waals surface area (Å²) in [6.07, 6.45) is 4.56. The zero-order valence-electron chi connectivity index (χ0n) is 9.50. The van der Waals surface area contributed by atoms with Crippen molar-refractivity contribution in [1.29, 1.82) is 0 Å². The van der Waals surface area contributed by atoms with Crippen LogP contribution in [0, 0.1) is 17.8 Å². The minimum absolute atomic E-state index is 0.00120. The maximum absolute atomic E-state index is 11.5. The van der Waals surface area contributed by atoms with Crippen LogP contribution in [0.2, 0.25) is 0 Å². The molecule has 0 aromatic rings. The lowest BCUT2D eigenvalue weighted by Gasteiger charge is -2.42. The van der Waals surface area contributed by atoms with E-state index in [4.69, 9.17) is 4.74 Å². The fraction of sp³-hybridized carbons (Fsp3) is 0.917. The first-order valence-electron chi connectivity index (χ1n) is 6.17. The Morgan fingerprint density at radius 2 is 2.00 bits per heavy atom. The quantitative estimate of drug-likeness (QED) is 0.720. The molecule has 0 amide bonds.